The van der Waals surface area contributed by atoms with Crippen LogP contribution in [0.4, 0.5) is 0 Å². The van der Waals surface area contributed by atoms with Crippen LogP contribution in [0, 0.1) is 13.8 Å². The van der Waals surface area contributed by atoms with E-state index in [0.717, 1.165) is 41.2 Å². The Morgan fingerprint density at radius 1 is 1.21 bits per heavy atom. The first-order valence-corrected chi connectivity index (χ1v) is 11.7. The summed E-state index contributed by atoms with van der Waals surface area (Å²) < 4.78 is 1.61. The van der Waals surface area contributed by atoms with Crippen LogP contribution in [-0.2, 0) is 4.79 Å². The lowest BCUT2D eigenvalue weighted by atomic mass is 10.2. The lowest BCUT2D eigenvalue weighted by Gasteiger charge is -2.21. The Morgan fingerprint density at radius 3 is 2.52 bits per heavy atom. The van der Waals surface area contributed by atoms with Crippen molar-refractivity contribution in [2.24, 2.45) is 0 Å². The third-order valence-electron chi connectivity index (χ3n) is 5.30. The van der Waals surface area contributed by atoms with Crippen LogP contribution in [0.3, 0.4) is 0 Å². The SMILES string of the molecule is Cc1sc2nc(SC(C)C(=O)N3CCCC3)n(-c3ccc(Cl)cc3)c(=O)c2c1C. The number of nitrogens with zero attached hydrogens (tertiary/aromatic N) is 3. The van der Waals surface area contributed by atoms with Gasteiger partial charge in [-0.1, -0.05) is 23.4 Å². The Balaban J connectivity index is 1.83. The largest absolute Gasteiger partial charge is 0.342 e. The number of halogens is 1. The lowest BCUT2D eigenvalue weighted by Crippen LogP contribution is -2.34. The van der Waals surface area contributed by atoms with Gasteiger partial charge in [0.1, 0.15) is 4.83 Å². The molecule has 152 valence electrons. The number of hydrogen-bond acceptors (Lipinski definition) is 5. The summed E-state index contributed by atoms with van der Waals surface area (Å²) in [6.45, 7) is 7.46. The van der Waals surface area contributed by atoms with Crippen molar-refractivity contribution in [3.63, 3.8) is 0 Å². The number of thiophene rings is 1. The quantitative estimate of drug-likeness (QED) is 0.425. The van der Waals surface area contributed by atoms with Gasteiger partial charge >= 0.3 is 0 Å². The minimum absolute atomic E-state index is 0.100. The molecule has 29 heavy (non-hydrogen) atoms. The monoisotopic (exact) mass is 447 g/mol. The molecule has 1 unspecified atom stereocenters. The average Bonchev–Trinajstić information content (AvgIpc) is 3.31. The molecule has 1 atom stereocenters. The average molecular weight is 448 g/mol. The van der Waals surface area contributed by atoms with Crippen LogP contribution in [0.2, 0.25) is 5.02 Å². The molecular formula is C21H22ClN3O2S2. The van der Waals surface area contributed by atoms with Crippen molar-refractivity contribution in [1.29, 1.82) is 0 Å². The molecule has 1 fully saturated rings. The summed E-state index contributed by atoms with van der Waals surface area (Å²) in [5, 5.41) is 1.46. The zero-order chi connectivity index (χ0) is 20.7. The number of aromatic nitrogens is 2. The maximum atomic E-state index is 13.5. The molecule has 1 aliphatic rings. The molecule has 1 aromatic carbocycles. The van der Waals surface area contributed by atoms with E-state index in [9.17, 15) is 9.59 Å². The molecule has 0 N–H and O–H groups in total. The van der Waals surface area contributed by atoms with E-state index >= 15 is 0 Å². The fourth-order valence-electron chi connectivity index (χ4n) is 3.58. The number of carbonyl (C=O) groups is 1. The van der Waals surface area contributed by atoms with Gasteiger partial charge in [-0.05, 0) is 63.4 Å². The summed E-state index contributed by atoms with van der Waals surface area (Å²) >= 11 is 8.91. The molecule has 2 aromatic heterocycles. The molecule has 0 radical (unpaired) electrons. The van der Waals surface area contributed by atoms with Crippen LogP contribution in [0.1, 0.15) is 30.2 Å². The molecular weight excluding hydrogens is 426 g/mol. The van der Waals surface area contributed by atoms with E-state index in [2.05, 4.69) is 0 Å². The van der Waals surface area contributed by atoms with Crippen LogP contribution in [0.15, 0.2) is 34.2 Å². The minimum atomic E-state index is -0.321. The van der Waals surface area contributed by atoms with Crippen molar-refractivity contribution >= 4 is 50.8 Å². The predicted octanol–water partition coefficient (Wildman–Crippen LogP) is 4.82. The highest BCUT2D eigenvalue weighted by molar-refractivity contribution is 8.00. The standard InChI is InChI=1S/C21H22ClN3O2S2/c1-12-13(2)28-18-17(12)20(27)25(16-8-6-15(22)7-9-16)21(23-18)29-14(3)19(26)24-10-4-5-11-24/h6-9,14H,4-5,10-11H2,1-3H3. The number of benzene rings is 1. The molecule has 3 aromatic rings. The highest BCUT2D eigenvalue weighted by Gasteiger charge is 2.26. The second-order valence-electron chi connectivity index (χ2n) is 7.27. The fourth-order valence-corrected chi connectivity index (χ4v) is 5.78. The number of aryl methyl sites for hydroxylation is 2. The van der Waals surface area contributed by atoms with Crippen LogP contribution in [-0.4, -0.2) is 38.7 Å². The highest BCUT2D eigenvalue weighted by atomic mass is 35.5. The predicted molar refractivity (Wildman–Crippen MR) is 121 cm³/mol. The van der Waals surface area contributed by atoms with Gasteiger partial charge in [0, 0.05) is 23.0 Å². The molecule has 1 amide bonds. The third kappa shape index (κ3) is 3.83. The molecule has 5 nitrogen and oxygen atoms in total. The minimum Gasteiger partial charge on any atom is -0.342 e. The number of amides is 1. The summed E-state index contributed by atoms with van der Waals surface area (Å²) in [5.74, 6) is 0.100. The summed E-state index contributed by atoms with van der Waals surface area (Å²) in [5.41, 5.74) is 1.55. The Hall–Kier alpha value is -1.83. The zero-order valence-electron chi connectivity index (χ0n) is 16.6. The van der Waals surface area contributed by atoms with Crippen molar-refractivity contribution < 1.29 is 4.79 Å². The summed E-state index contributed by atoms with van der Waals surface area (Å²) in [6, 6.07) is 7.13. The van der Waals surface area contributed by atoms with Crippen LogP contribution in [0.25, 0.3) is 15.9 Å². The number of thioether (sulfide) groups is 1. The molecule has 1 aliphatic heterocycles. The van der Waals surface area contributed by atoms with Gasteiger partial charge < -0.3 is 4.90 Å². The Bertz CT molecular complexity index is 1130. The number of fused-ring (bicyclic) bond motifs is 1. The molecule has 0 saturated carbocycles. The van der Waals surface area contributed by atoms with Crippen molar-refractivity contribution in [2.45, 2.75) is 44.0 Å². The Morgan fingerprint density at radius 2 is 1.86 bits per heavy atom. The second-order valence-corrected chi connectivity index (χ2v) is 10.2. The van der Waals surface area contributed by atoms with Gasteiger partial charge in [0.2, 0.25) is 5.91 Å². The molecule has 8 heteroatoms. The number of hydrogen-bond donors (Lipinski definition) is 0. The molecule has 3 heterocycles. The molecule has 0 spiro atoms. The van der Waals surface area contributed by atoms with E-state index in [0.29, 0.717) is 21.3 Å². The molecule has 1 saturated heterocycles. The van der Waals surface area contributed by atoms with Gasteiger partial charge in [-0.2, -0.15) is 0 Å². The van der Waals surface area contributed by atoms with E-state index in [1.165, 1.54) is 23.1 Å². The zero-order valence-corrected chi connectivity index (χ0v) is 19.0. The second kappa shape index (κ2) is 8.13. The van der Waals surface area contributed by atoms with E-state index in [-0.39, 0.29) is 16.7 Å². The van der Waals surface area contributed by atoms with Crippen LogP contribution in [0.5, 0.6) is 0 Å². The molecule has 4 rings (SSSR count). The first-order chi connectivity index (χ1) is 13.9. The Labute approximate surface area is 182 Å². The maximum Gasteiger partial charge on any atom is 0.267 e. The number of carbonyl (C=O) groups excluding carboxylic acids is 1. The van der Waals surface area contributed by atoms with Crippen LogP contribution >= 0.6 is 34.7 Å². The van der Waals surface area contributed by atoms with Gasteiger partial charge in [-0.25, -0.2) is 4.98 Å². The fraction of sp³-hybridized carbons (Fsp3) is 0.381. The van der Waals surface area contributed by atoms with Gasteiger partial charge in [-0.15, -0.1) is 11.3 Å². The van der Waals surface area contributed by atoms with Crippen molar-refractivity contribution in [3.8, 4) is 5.69 Å². The van der Waals surface area contributed by atoms with Crippen molar-refractivity contribution in [3.05, 3.63) is 50.1 Å². The third-order valence-corrected chi connectivity index (χ3v) is 7.70. The van der Waals surface area contributed by atoms with E-state index in [1.54, 1.807) is 16.7 Å². The van der Waals surface area contributed by atoms with Gasteiger partial charge in [-0.3, -0.25) is 14.2 Å². The first-order valence-electron chi connectivity index (χ1n) is 9.61. The van der Waals surface area contributed by atoms with E-state index in [4.69, 9.17) is 16.6 Å². The maximum absolute atomic E-state index is 13.5. The summed E-state index contributed by atoms with van der Waals surface area (Å²) in [7, 11) is 0. The normalized spacial score (nSPS) is 15.2. The molecule has 0 aliphatic carbocycles. The van der Waals surface area contributed by atoms with E-state index < -0.39 is 0 Å². The van der Waals surface area contributed by atoms with Crippen LogP contribution < -0.4 is 5.56 Å². The van der Waals surface area contributed by atoms with Crippen molar-refractivity contribution in [1.82, 2.24) is 14.5 Å². The number of rotatable bonds is 4. The summed E-state index contributed by atoms with van der Waals surface area (Å²) in [4.78, 5) is 34.8. The smallest absolute Gasteiger partial charge is 0.267 e. The van der Waals surface area contributed by atoms with Gasteiger partial charge in [0.15, 0.2) is 5.16 Å². The van der Waals surface area contributed by atoms with Gasteiger partial charge in [0.25, 0.3) is 5.56 Å². The van der Waals surface area contributed by atoms with Crippen molar-refractivity contribution in [2.75, 3.05) is 13.1 Å². The first kappa shape index (κ1) is 20.4. The van der Waals surface area contributed by atoms with E-state index in [1.807, 2.05) is 37.8 Å². The topological polar surface area (TPSA) is 55.2 Å². The summed E-state index contributed by atoms with van der Waals surface area (Å²) in [6.07, 6.45) is 2.10. The number of likely N-dealkylation sites (tertiary alicyclic amines) is 1. The highest BCUT2D eigenvalue weighted by Crippen LogP contribution is 2.31. The Kier molecular flexibility index (Phi) is 5.73. The van der Waals surface area contributed by atoms with Gasteiger partial charge in [0.05, 0.1) is 16.3 Å². The molecule has 0 bridgehead atoms. The lowest BCUT2D eigenvalue weighted by molar-refractivity contribution is -0.129.